The van der Waals surface area contributed by atoms with Crippen LogP contribution in [0.5, 0.6) is 23.0 Å². The molecule has 0 radical (unpaired) electrons. The van der Waals surface area contributed by atoms with Crippen LogP contribution < -0.4 is 19.1 Å². The number of amides is 1. The quantitative estimate of drug-likeness (QED) is 0.474. The van der Waals surface area contributed by atoms with Crippen LogP contribution in [0.25, 0.3) is 0 Å². The average molecular weight is 442 g/mol. The highest BCUT2D eigenvalue weighted by Crippen LogP contribution is 2.44. The Labute approximate surface area is 184 Å². The topological polar surface area (TPSA) is 48.0 Å². The first-order valence-corrected chi connectivity index (χ1v) is 10.7. The molecule has 5 nitrogen and oxygen atoms in total. The van der Waals surface area contributed by atoms with Gasteiger partial charge in [-0.2, -0.15) is 0 Å². The lowest BCUT2D eigenvalue weighted by Crippen LogP contribution is -2.27. The van der Waals surface area contributed by atoms with Gasteiger partial charge in [0.15, 0.2) is 0 Å². The first-order valence-electron chi connectivity index (χ1n) is 9.27. The Kier molecular flexibility index (Phi) is 6.06. The molecule has 1 amide bonds. The predicted octanol–water partition coefficient (Wildman–Crippen LogP) is 5.93. The van der Waals surface area contributed by atoms with Crippen LogP contribution in [0.2, 0.25) is 5.02 Å². The van der Waals surface area contributed by atoms with Gasteiger partial charge in [0.25, 0.3) is 0 Å². The van der Waals surface area contributed by atoms with Gasteiger partial charge in [-0.3, -0.25) is 9.69 Å². The number of benzene rings is 3. The zero-order valence-electron chi connectivity index (χ0n) is 16.5. The number of carbonyl (C=O) groups is 1. The summed E-state index contributed by atoms with van der Waals surface area (Å²) in [5, 5.41) is 0.493. The predicted molar refractivity (Wildman–Crippen MR) is 120 cm³/mol. The number of thioether (sulfide) groups is 1. The fourth-order valence-corrected chi connectivity index (χ4v) is 4.52. The minimum atomic E-state index is -0.162. The molecule has 0 aliphatic carbocycles. The van der Waals surface area contributed by atoms with Crippen LogP contribution in [-0.2, 0) is 4.79 Å². The molecular formula is C23H20ClNO4S. The number of hydrogen-bond donors (Lipinski definition) is 0. The van der Waals surface area contributed by atoms with Gasteiger partial charge in [-0.25, -0.2) is 0 Å². The second kappa shape index (κ2) is 8.90. The van der Waals surface area contributed by atoms with Crippen molar-refractivity contribution >= 4 is 35.0 Å². The molecule has 0 aromatic heterocycles. The molecule has 7 heteroatoms. The monoisotopic (exact) mass is 441 g/mol. The second-order valence-corrected chi connectivity index (χ2v) is 8.13. The number of anilines is 1. The highest BCUT2D eigenvalue weighted by atomic mass is 35.5. The van der Waals surface area contributed by atoms with Gasteiger partial charge in [0.1, 0.15) is 28.4 Å². The van der Waals surface area contributed by atoms with Crippen molar-refractivity contribution < 1.29 is 19.0 Å². The second-order valence-electron chi connectivity index (χ2n) is 6.62. The number of ether oxygens (including phenoxy) is 3. The summed E-state index contributed by atoms with van der Waals surface area (Å²) in [5.74, 6) is 3.22. The van der Waals surface area contributed by atoms with E-state index >= 15 is 0 Å². The Hall–Kier alpha value is -2.83. The molecule has 0 saturated carbocycles. The summed E-state index contributed by atoms with van der Waals surface area (Å²) in [6, 6.07) is 20.3. The van der Waals surface area contributed by atoms with Crippen LogP contribution in [0.15, 0.2) is 66.7 Å². The van der Waals surface area contributed by atoms with E-state index in [1.54, 1.807) is 43.0 Å². The summed E-state index contributed by atoms with van der Waals surface area (Å²) in [4.78, 5) is 14.5. The largest absolute Gasteiger partial charge is 0.497 e. The molecular weight excluding hydrogens is 422 g/mol. The lowest BCUT2D eigenvalue weighted by atomic mass is 10.1. The van der Waals surface area contributed by atoms with E-state index in [9.17, 15) is 4.79 Å². The molecule has 1 aliphatic rings. The molecule has 0 N–H and O–H groups in total. The Morgan fingerprint density at radius 3 is 2.00 bits per heavy atom. The zero-order chi connectivity index (χ0) is 21.1. The molecule has 4 rings (SSSR count). The third kappa shape index (κ3) is 4.35. The standard InChI is InChI=1S/C23H20ClNO4S/c1-27-20-11-15(12-21(13-20)28-2)23-25(22(26)14-30-23)17-5-9-19(10-6-17)29-18-7-3-16(24)4-8-18/h3-13,23H,14H2,1-2H3. The van der Waals surface area contributed by atoms with E-state index in [0.717, 1.165) is 11.3 Å². The van der Waals surface area contributed by atoms with E-state index in [2.05, 4.69) is 0 Å². The van der Waals surface area contributed by atoms with Crippen molar-refractivity contribution in [1.82, 2.24) is 0 Å². The normalized spacial score (nSPS) is 15.9. The molecule has 154 valence electrons. The Morgan fingerprint density at radius 2 is 1.43 bits per heavy atom. The zero-order valence-corrected chi connectivity index (χ0v) is 18.1. The number of carbonyl (C=O) groups excluding carboxylic acids is 1. The first kappa shape index (κ1) is 20.4. The van der Waals surface area contributed by atoms with E-state index in [1.807, 2.05) is 54.6 Å². The van der Waals surface area contributed by atoms with Gasteiger partial charge in [-0.05, 0) is 66.2 Å². The maximum atomic E-state index is 12.7. The van der Waals surface area contributed by atoms with E-state index in [1.165, 1.54) is 0 Å². The molecule has 3 aromatic rings. The molecule has 0 spiro atoms. The Bertz CT molecular complexity index is 1020. The van der Waals surface area contributed by atoms with Crippen molar-refractivity contribution in [2.24, 2.45) is 0 Å². The number of halogens is 1. The third-order valence-corrected chi connectivity index (χ3v) is 6.16. The summed E-state index contributed by atoms with van der Waals surface area (Å²) in [6.45, 7) is 0. The minimum absolute atomic E-state index is 0.0538. The number of rotatable bonds is 6. The molecule has 1 heterocycles. The summed E-state index contributed by atoms with van der Waals surface area (Å²) >= 11 is 7.49. The van der Waals surface area contributed by atoms with Crippen molar-refractivity contribution in [2.45, 2.75) is 5.37 Å². The van der Waals surface area contributed by atoms with Crippen molar-refractivity contribution in [2.75, 3.05) is 24.9 Å². The summed E-state index contributed by atoms with van der Waals surface area (Å²) in [5.41, 5.74) is 1.75. The SMILES string of the molecule is COc1cc(OC)cc(C2SCC(=O)N2c2ccc(Oc3ccc(Cl)cc3)cc2)c1. The fraction of sp³-hybridized carbons (Fsp3) is 0.174. The number of nitrogens with zero attached hydrogens (tertiary/aromatic N) is 1. The molecule has 1 atom stereocenters. The van der Waals surface area contributed by atoms with Gasteiger partial charge in [0, 0.05) is 16.8 Å². The van der Waals surface area contributed by atoms with Gasteiger partial charge in [-0.15, -0.1) is 11.8 Å². The molecule has 1 saturated heterocycles. The van der Waals surface area contributed by atoms with Crippen LogP contribution in [-0.4, -0.2) is 25.9 Å². The molecule has 1 aliphatic heterocycles. The van der Waals surface area contributed by atoms with E-state index in [-0.39, 0.29) is 11.3 Å². The van der Waals surface area contributed by atoms with Crippen molar-refractivity contribution in [3.63, 3.8) is 0 Å². The average Bonchev–Trinajstić information content (AvgIpc) is 3.17. The van der Waals surface area contributed by atoms with Crippen LogP contribution in [0.1, 0.15) is 10.9 Å². The summed E-state index contributed by atoms with van der Waals surface area (Å²) < 4.78 is 16.6. The van der Waals surface area contributed by atoms with Gasteiger partial charge < -0.3 is 14.2 Å². The van der Waals surface area contributed by atoms with Crippen LogP contribution in [0.3, 0.4) is 0 Å². The summed E-state index contributed by atoms with van der Waals surface area (Å²) in [6.07, 6.45) is 0. The molecule has 3 aromatic carbocycles. The van der Waals surface area contributed by atoms with Gasteiger partial charge in [-0.1, -0.05) is 11.6 Å². The van der Waals surface area contributed by atoms with Gasteiger partial charge in [0.05, 0.1) is 20.0 Å². The number of hydrogen-bond acceptors (Lipinski definition) is 5. The van der Waals surface area contributed by atoms with Crippen LogP contribution in [0.4, 0.5) is 5.69 Å². The molecule has 1 unspecified atom stereocenters. The third-order valence-electron chi connectivity index (χ3n) is 4.69. The van der Waals surface area contributed by atoms with Gasteiger partial charge >= 0.3 is 0 Å². The van der Waals surface area contributed by atoms with E-state index < -0.39 is 0 Å². The Balaban J connectivity index is 1.58. The van der Waals surface area contributed by atoms with Crippen LogP contribution in [0, 0.1) is 0 Å². The highest BCUT2D eigenvalue weighted by molar-refractivity contribution is 8.00. The van der Waals surface area contributed by atoms with Crippen molar-refractivity contribution in [1.29, 1.82) is 0 Å². The lowest BCUT2D eigenvalue weighted by Gasteiger charge is -2.25. The summed E-state index contributed by atoms with van der Waals surface area (Å²) in [7, 11) is 3.23. The van der Waals surface area contributed by atoms with Crippen molar-refractivity contribution in [3.05, 3.63) is 77.3 Å². The van der Waals surface area contributed by atoms with Crippen LogP contribution >= 0.6 is 23.4 Å². The maximum Gasteiger partial charge on any atom is 0.238 e. The maximum absolute atomic E-state index is 12.7. The van der Waals surface area contributed by atoms with E-state index in [0.29, 0.717) is 33.8 Å². The number of methoxy groups -OCH3 is 2. The van der Waals surface area contributed by atoms with E-state index in [4.69, 9.17) is 25.8 Å². The smallest absolute Gasteiger partial charge is 0.238 e. The molecule has 1 fully saturated rings. The van der Waals surface area contributed by atoms with Crippen molar-refractivity contribution in [3.8, 4) is 23.0 Å². The van der Waals surface area contributed by atoms with Gasteiger partial charge in [0.2, 0.25) is 5.91 Å². The minimum Gasteiger partial charge on any atom is -0.497 e. The Morgan fingerprint density at radius 1 is 0.867 bits per heavy atom. The lowest BCUT2D eigenvalue weighted by molar-refractivity contribution is -0.115. The molecule has 30 heavy (non-hydrogen) atoms. The fourth-order valence-electron chi connectivity index (χ4n) is 3.24. The highest BCUT2D eigenvalue weighted by Gasteiger charge is 2.34. The molecule has 0 bridgehead atoms. The first-order chi connectivity index (χ1) is 14.6.